The number of hydrogen-bond acceptors (Lipinski definition) is 3. The van der Waals surface area contributed by atoms with Crippen molar-refractivity contribution in [2.45, 2.75) is 51.7 Å². The van der Waals surface area contributed by atoms with Gasteiger partial charge in [-0.1, -0.05) is 19.1 Å². The average Bonchev–Trinajstić information content (AvgIpc) is 3.10. The Bertz CT molecular complexity index is 1030. The normalized spacial score (nSPS) is 18.2. The number of aryl methyl sites for hydroxylation is 1. The van der Waals surface area contributed by atoms with Gasteiger partial charge in [0.2, 0.25) is 0 Å². The summed E-state index contributed by atoms with van der Waals surface area (Å²) in [4.78, 5) is 17.2. The van der Waals surface area contributed by atoms with E-state index in [2.05, 4.69) is 39.8 Å². The van der Waals surface area contributed by atoms with Crippen molar-refractivity contribution >= 4 is 28.8 Å². The molecule has 0 radical (unpaired) electrons. The lowest BCUT2D eigenvalue weighted by Crippen LogP contribution is -2.39. The lowest BCUT2D eigenvalue weighted by Gasteiger charge is -2.33. The van der Waals surface area contributed by atoms with E-state index in [0.717, 1.165) is 30.8 Å². The number of nitrogens with zero attached hydrogens (tertiary/aromatic N) is 4. The van der Waals surface area contributed by atoms with E-state index in [4.69, 9.17) is 0 Å². The van der Waals surface area contributed by atoms with Gasteiger partial charge in [-0.3, -0.25) is 9.69 Å². The molecule has 2 aliphatic heterocycles. The van der Waals surface area contributed by atoms with Crippen molar-refractivity contribution in [3.63, 3.8) is 0 Å². The van der Waals surface area contributed by atoms with Crippen molar-refractivity contribution in [1.29, 1.82) is 0 Å². The van der Waals surface area contributed by atoms with Crippen LogP contribution < -0.4 is 0 Å². The first-order valence-electron chi connectivity index (χ1n) is 10.8. The predicted molar refractivity (Wildman–Crippen MR) is 120 cm³/mol. The second-order valence-electron chi connectivity index (χ2n) is 8.48. The summed E-state index contributed by atoms with van der Waals surface area (Å²) in [5.74, 6) is -1.83. The van der Waals surface area contributed by atoms with Crippen LogP contribution in [-0.4, -0.2) is 49.9 Å². The van der Waals surface area contributed by atoms with Crippen molar-refractivity contribution < 1.29 is 22.4 Å². The van der Waals surface area contributed by atoms with Gasteiger partial charge in [0.15, 0.2) is 5.69 Å². The van der Waals surface area contributed by atoms with Gasteiger partial charge < -0.3 is 4.90 Å². The number of fused-ring (bicyclic) bond motifs is 1. The molecule has 5 nitrogen and oxygen atoms in total. The predicted octanol–water partition coefficient (Wildman–Crippen LogP) is 4.95. The first-order valence-corrected chi connectivity index (χ1v) is 11.7. The Morgan fingerprint density at radius 2 is 1.91 bits per heavy atom. The molecule has 0 aliphatic carbocycles. The number of hydrogen-bond donors (Lipinski definition) is 0. The zero-order valence-corrected chi connectivity index (χ0v) is 20.1. The summed E-state index contributed by atoms with van der Waals surface area (Å²) in [7, 11) is 0. The number of benzene rings is 1. The van der Waals surface area contributed by atoms with Crippen LogP contribution >= 0.6 is 22.9 Å². The summed E-state index contributed by atoms with van der Waals surface area (Å²) in [5.41, 5.74) is 1.23. The highest BCUT2D eigenvalue weighted by Gasteiger charge is 2.40. The molecule has 3 heterocycles. The lowest BCUT2D eigenvalue weighted by atomic mass is 9.85. The molecule has 2 aromatic rings. The van der Waals surface area contributed by atoms with Crippen LogP contribution in [0.15, 0.2) is 12.1 Å². The smallest absolute Gasteiger partial charge is 0.337 e. The number of alkyl halides is 3. The average molecular weight is 564 g/mol. The van der Waals surface area contributed by atoms with Gasteiger partial charge in [0.05, 0.1) is 34.1 Å². The topological polar surface area (TPSA) is 41.4 Å². The highest BCUT2D eigenvalue weighted by Crippen LogP contribution is 2.41. The molecule has 1 amide bonds. The monoisotopic (exact) mass is 564 g/mol. The van der Waals surface area contributed by atoms with E-state index in [0.29, 0.717) is 38.2 Å². The third-order valence-corrected chi connectivity index (χ3v) is 7.41. The number of likely N-dealkylation sites (N-methyl/N-ethyl adjacent to an activating group) is 1. The first kappa shape index (κ1) is 23.5. The van der Waals surface area contributed by atoms with Crippen LogP contribution in [0.25, 0.3) is 0 Å². The molecule has 1 aromatic heterocycles. The second-order valence-corrected chi connectivity index (χ2v) is 9.39. The molecule has 1 fully saturated rings. The van der Waals surface area contributed by atoms with Crippen molar-refractivity contribution in [2.24, 2.45) is 0 Å². The van der Waals surface area contributed by atoms with Crippen LogP contribution in [0.2, 0.25) is 0 Å². The third-order valence-electron chi connectivity index (χ3n) is 6.61. The van der Waals surface area contributed by atoms with Crippen molar-refractivity contribution in [3.8, 4) is 0 Å². The number of piperidine rings is 1. The number of likely N-dealkylation sites (tertiary alicyclic amines) is 1. The van der Waals surface area contributed by atoms with E-state index >= 15 is 0 Å². The number of carbonyl (C=O) groups is 1. The summed E-state index contributed by atoms with van der Waals surface area (Å²) in [6, 6.07) is 2.78. The fourth-order valence-electron chi connectivity index (χ4n) is 4.74. The minimum absolute atomic E-state index is 0.0137. The van der Waals surface area contributed by atoms with Gasteiger partial charge in [0.25, 0.3) is 5.91 Å². The van der Waals surface area contributed by atoms with Gasteiger partial charge in [-0.05, 0) is 43.4 Å². The summed E-state index contributed by atoms with van der Waals surface area (Å²) < 4.78 is 56.8. The Hall–Kier alpha value is -1.69. The molecule has 0 spiro atoms. The van der Waals surface area contributed by atoms with Crippen molar-refractivity contribution in [2.75, 3.05) is 26.2 Å². The van der Waals surface area contributed by atoms with Gasteiger partial charge in [0, 0.05) is 38.2 Å². The maximum Gasteiger partial charge on any atom is 0.419 e. The highest BCUT2D eigenvalue weighted by molar-refractivity contribution is 14.1. The van der Waals surface area contributed by atoms with E-state index in [1.54, 1.807) is 7.80 Å². The maximum absolute atomic E-state index is 14.4. The maximum atomic E-state index is 14.4. The van der Waals surface area contributed by atoms with Crippen LogP contribution in [0, 0.1) is 12.7 Å². The highest BCUT2D eigenvalue weighted by atomic mass is 127. The number of halogens is 5. The molecule has 2 aliphatic rings. The number of aromatic nitrogens is 2. The van der Waals surface area contributed by atoms with E-state index < -0.39 is 23.5 Å². The van der Waals surface area contributed by atoms with Crippen LogP contribution in [0.4, 0.5) is 17.6 Å². The van der Waals surface area contributed by atoms with Crippen LogP contribution in [0.3, 0.4) is 0 Å². The van der Waals surface area contributed by atoms with Gasteiger partial charge in [-0.15, -0.1) is 0 Å². The van der Waals surface area contributed by atoms with E-state index in [1.165, 1.54) is 19.1 Å². The minimum Gasteiger partial charge on any atom is -0.337 e. The standard InChI is InChI=1S/C22H25F4IN4O/c1-3-29-9-8-17-16(12-29)20(28-31(17)27)21(32)30-10-6-14(7-11-30)15-5-4-13(2)19(23)18(15)22(24,25)26/h4-5,14H,3,6-12H2,1-2H3. The molecule has 0 unspecified atom stereocenters. The SMILES string of the molecule is CCN1CCc2c(c(C(=O)N3CCC(c4ccc(C)c(F)c4C(F)(F)F)CC3)nn2I)C1. The Labute approximate surface area is 198 Å². The van der Waals surface area contributed by atoms with Gasteiger partial charge in [-0.25, -0.2) is 7.29 Å². The van der Waals surface area contributed by atoms with Crippen LogP contribution in [-0.2, 0) is 19.1 Å². The molecule has 0 bridgehead atoms. The summed E-state index contributed by atoms with van der Waals surface area (Å²) >= 11 is 2.09. The minimum atomic E-state index is -4.75. The number of carbonyl (C=O) groups excluding carboxylic acids is 1. The van der Waals surface area contributed by atoms with Gasteiger partial charge >= 0.3 is 6.18 Å². The lowest BCUT2D eigenvalue weighted by molar-refractivity contribution is -0.141. The fourth-order valence-corrected chi connectivity index (χ4v) is 5.49. The second kappa shape index (κ2) is 8.92. The molecule has 4 rings (SSSR count). The molecule has 1 saturated heterocycles. The Balaban J connectivity index is 1.53. The zero-order chi connectivity index (χ0) is 23.2. The Morgan fingerprint density at radius 3 is 2.53 bits per heavy atom. The van der Waals surface area contributed by atoms with Gasteiger partial charge in [0.1, 0.15) is 5.82 Å². The van der Waals surface area contributed by atoms with Crippen molar-refractivity contribution in [1.82, 2.24) is 17.8 Å². The molecule has 0 atom stereocenters. The van der Waals surface area contributed by atoms with E-state index in [-0.39, 0.29) is 17.0 Å². The third kappa shape index (κ3) is 4.27. The van der Waals surface area contributed by atoms with Crippen molar-refractivity contribution in [3.05, 3.63) is 51.6 Å². The molecule has 10 heteroatoms. The largest absolute Gasteiger partial charge is 0.419 e. The van der Waals surface area contributed by atoms with Gasteiger partial charge in [-0.2, -0.15) is 18.3 Å². The number of amides is 1. The molecule has 1 aromatic carbocycles. The van der Waals surface area contributed by atoms with Crippen LogP contribution in [0.5, 0.6) is 0 Å². The molecular weight excluding hydrogens is 539 g/mol. The summed E-state index contributed by atoms with van der Waals surface area (Å²) in [6.07, 6.45) is -3.22. The van der Waals surface area contributed by atoms with E-state index in [9.17, 15) is 22.4 Å². The molecule has 174 valence electrons. The Kier molecular flexibility index (Phi) is 6.54. The van der Waals surface area contributed by atoms with E-state index in [1.807, 2.05) is 0 Å². The molecule has 0 saturated carbocycles. The Morgan fingerprint density at radius 1 is 1.22 bits per heavy atom. The summed E-state index contributed by atoms with van der Waals surface area (Å²) in [5, 5.41) is 4.47. The number of rotatable bonds is 3. The molecular formula is C22H25F4IN4O. The molecule has 32 heavy (non-hydrogen) atoms. The first-order chi connectivity index (χ1) is 15.1. The zero-order valence-electron chi connectivity index (χ0n) is 18.0. The fraction of sp³-hybridized carbons (Fsp3) is 0.545. The quantitative estimate of drug-likeness (QED) is 0.392. The van der Waals surface area contributed by atoms with Crippen LogP contribution in [0.1, 0.15) is 64.1 Å². The molecule has 0 N–H and O–H groups in total. The summed E-state index contributed by atoms with van der Waals surface area (Å²) in [6.45, 7) is 6.53.